The lowest BCUT2D eigenvalue weighted by molar-refractivity contribution is 0.284. The standard InChI is InChI=1S/C30H26ClN7O2.ClH/c1-39-27-18-21(16-17-26(27)40-20-22-10-8-9-15-25(22)31)19-32-38-30-36-28(33-23-11-4-2-5-12-23)35-29(37-30)34-24-13-6-3-7-14-24;/h2-19H,20H2,1H3,(H3,33,34,35,36,37,38);1H/b32-19+;. The summed E-state index contributed by atoms with van der Waals surface area (Å²) in [7, 11) is 1.59. The summed E-state index contributed by atoms with van der Waals surface area (Å²) in [4.78, 5) is 13.4. The van der Waals surface area contributed by atoms with Crippen LogP contribution in [0.3, 0.4) is 0 Å². The number of para-hydroxylation sites is 2. The number of methoxy groups -OCH3 is 1. The zero-order chi connectivity index (χ0) is 27.6. The molecule has 0 fully saturated rings. The molecule has 9 nitrogen and oxygen atoms in total. The van der Waals surface area contributed by atoms with Gasteiger partial charge in [-0.1, -0.05) is 66.2 Å². The van der Waals surface area contributed by atoms with E-state index in [1.807, 2.05) is 103 Å². The van der Waals surface area contributed by atoms with Gasteiger partial charge in [-0.15, -0.1) is 12.4 Å². The van der Waals surface area contributed by atoms with Crippen LogP contribution in [0.25, 0.3) is 0 Å². The Kier molecular flexibility index (Phi) is 10.3. The lowest BCUT2D eigenvalue weighted by Gasteiger charge is -2.12. The van der Waals surface area contributed by atoms with E-state index >= 15 is 0 Å². The molecular formula is C30H27Cl2N7O2. The van der Waals surface area contributed by atoms with E-state index in [9.17, 15) is 0 Å². The Morgan fingerprint density at radius 3 is 1.93 bits per heavy atom. The molecule has 0 bridgehead atoms. The van der Waals surface area contributed by atoms with E-state index in [0.29, 0.717) is 35.0 Å². The Bertz CT molecular complexity index is 1530. The van der Waals surface area contributed by atoms with Gasteiger partial charge in [-0.25, -0.2) is 5.43 Å². The number of hydrazone groups is 1. The molecule has 41 heavy (non-hydrogen) atoms. The minimum absolute atomic E-state index is 0. The normalized spacial score (nSPS) is 10.5. The first-order valence-corrected chi connectivity index (χ1v) is 12.8. The number of rotatable bonds is 11. The second kappa shape index (κ2) is 14.5. The topological polar surface area (TPSA) is 106 Å². The lowest BCUT2D eigenvalue weighted by atomic mass is 10.2. The van der Waals surface area contributed by atoms with E-state index in [1.165, 1.54) is 0 Å². The van der Waals surface area contributed by atoms with Crippen LogP contribution in [-0.2, 0) is 6.61 Å². The molecule has 0 aliphatic rings. The van der Waals surface area contributed by atoms with Crippen LogP contribution in [0.15, 0.2) is 108 Å². The van der Waals surface area contributed by atoms with Crippen molar-refractivity contribution in [3.8, 4) is 11.5 Å². The highest BCUT2D eigenvalue weighted by Gasteiger charge is 2.09. The van der Waals surface area contributed by atoms with Crippen molar-refractivity contribution < 1.29 is 9.47 Å². The van der Waals surface area contributed by atoms with Crippen LogP contribution in [0.4, 0.5) is 29.2 Å². The van der Waals surface area contributed by atoms with Crippen molar-refractivity contribution in [1.29, 1.82) is 0 Å². The van der Waals surface area contributed by atoms with E-state index in [-0.39, 0.29) is 18.4 Å². The molecule has 0 amide bonds. The van der Waals surface area contributed by atoms with Crippen molar-refractivity contribution in [3.05, 3.63) is 119 Å². The highest BCUT2D eigenvalue weighted by Crippen LogP contribution is 2.29. The molecule has 0 saturated carbocycles. The Balaban J connectivity index is 0.00000387. The molecule has 11 heteroatoms. The molecule has 0 aliphatic carbocycles. The van der Waals surface area contributed by atoms with Crippen molar-refractivity contribution in [1.82, 2.24) is 15.0 Å². The third kappa shape index (κ3) is 8.31. The third-order valence-corrected chi connectivity index (χ3v) is 5.97. The molecule has 0 spiro atoms. The minimum atomic E-state index is 0. The molecule has 0 unspecified atom stereocenters. The van der Waals surface area contributed by atoms with Crippen molar-refractivity contribution in [2.24, 2.45) is 5.10 Å². The van der Waals surface area contributed by atoms with Crippen LogP contribution in [0.1, 0.15) is 11.1 Å². The van der Waals surface area contributed by atoms with Crippen LogP contribution in [0.2, 0.25) is 5.02 Å². The van der Waals surface area contributed by atoms with Gasteiger partial charge in [0.2, 0.25) is 17.8 Å². The highest BCUT2D eigenvalue weighted by atomic mass is 35.5. The molecular weight excluding hydrogens is 561 g/mol. The van der Waals surface area contributed by atoms with Crippen molar-refractivity contribution in [3.63, 3.8) is 0 Å². The Morgan fingerprint density at radius 2 is 1.32 bits per heavy atom. The summed E-state index contributed by atoms with van der Waals surface area (Å²) < 4.78 is 11.5. The number of nitrogens with one attached hydrogen (secondary N) is 3. The predicted octanol–water partition coefficient (Wildman–Crippen LogP) is 7.47. The summed E-state index contributed by atoms with van der Waals surface area (Å²) in [6, 6.07) is 32.4. The van der Waals surface area contributed by atoms with Gasteiger partial charge in [0.05, 0.1) is 13.3 Å². The van der Waals surface area contributed by atoms with Gasteiger partial charge in [0, 0.05) is 22.0 Å². The summed E-state index contributed by atoms with van der Waals surface area (Å²) in [5.41, 5.74) is 6.26. The van der Waals surface area contributed by atoms with Gasteiger partial charge in [-0.3, -0.25) is 0 Å². The maximum atomic E-state index is 6.24. The zero-order valence-electron chi connectivity index (χ0n) is 22.0. The second-order valence-electron chi connectivity index (χ2n) is 8.45. The van der Waals surface area contributed by atoms with Gasteiger partial charge in [0.15, 0.2) is 11.5 Å². The molecule has 0 aliphatic heterocycles. The quantitative estimate of drug-likeness (QED) is 0.108. The minimum Gasteiger partial charge on any atom is -0.493 e. The number of ether oxygens (including phenoxy) is 2. The molecule has 208 valence electrons. The molecule has 5 rings (SSSR count). The van der Waals surface area contributed by atoms with E-state index in [2.05, 4.69) is 36.1 Å². The SMILES string of the molecule is COc1cc(/C=N/Nc2nc(Nc3ccccc3)nc(Nc3ccccc3)n2)ccc1OCc1ccccc1Cl.Cl. The molecule has 0 atom stereocenters. The average Bonchev–Trinajstić information content (AvgIpc) is 2.98. The smallest absolute Gasteiger partial charge is 0.250 e. The van der Waals surface area contributed by atoms with Gasteiger partial charge in [-0.2, -0.15) is 20.1 Å². The average molecular weight is 588 g/mol. The number of benzene rings is 4. The molecule has 5 aromatic rings. The molecule has 3 N–H and O–H groups in total. The molecule has 4 aromatic carbocycles. The summed E-state index contributed by atoms with van der Waals surface area (Å²) in [6.07, 6.45) is 1.64. The fourth-order valence-electron chi connectivity index (χ4n) is 3.66. The van der Waals surface area contributed by atoms with E-state index in [4.69, 9.17) is 21.1 Å². The Labute approximate surface area is 249 Å². The Morgan fingerprint density at radius 1 is 0.732 bits per heavy atom. The number of aromatic nitrogens is 3. The number of hydrogen-bond acceptors (Lipinski definition) is 9. The fourth-order valence-corrected chi connectivity index (χ4v) is 3.85. The second-order valence-corrected chi connectivity index (χ2v) is 8.86. The Hall–Kier alpha value is -4.86. The van der Waals surface area contributed by atoms with E-state index in [0.717, 1.165) is 22.5 Å². The molecule has 1 heterocycles. The zero-order valence-corrected chi connectivity index (χ0v) is 23.6. The van der Waals surface area contributed by atoms with E-state index in [1.54, 1.807) is 13.3 Å². The first-order valence-electron chi connectivity index (χ1n) is 12.4. The molecule has 0 saturated heterocycles. The lowest BCUT2D eigenvalue weighted by Crippen LogP contribution is -2.07. The first-order chi connectivity index (χ1) is 19.7. The summed E-state index contributed by atoms with van der Waals surface area (Å²) in [6.45, 7) is 0.323. The largest absolute Gasteiger partial charge is 0.493 e. The fraction of sp³-hybridized carbons (Fsp3) is 0.0667. The van der Waals surface area contributed by atoms with Gasteiger partial charge < -0.3 is 20.1 Å². The molecule has 0 radical (unpaired) electrons. The first kappa shape index (κ1) is 29.1. The van der Waals surface area contributed by atoms with Gasteiger partial charge >= 0.3 is 0 Å². The maximum absolute atomic E-state index is 6.24. The molecule has 1 aromatic heterocycles. The van der Waals surface area contributed by atoms with Crippen LogP contribution in [0.5, 0.6) is 11.5 Å². The van der Waals surface area contributed by atoms with Gasteiger partial charge in [0.1, 0.15) is 6.61 Å². The highest BCUT2D eigenvalue weighted by molar-refractivity contribution is 6.31. The number of halogens is 2. The monoisotopic (exact) mass is 587 g/mol. The summed E-state index contributed by atoms with van der Waals surface area (Å²) in [5.74, 6) is 2.14. The predicted molar refractivity (Wildman–Crippen MR) is 167 cm³/mol. The van der Waals surface area contributed by atoms with Crippen molar-refractivity contribution in [2.45, 2.75) is 6.61 Å². The number of hydrogen-bond donors (Lipinski definition) is 3. The third-order valence-electron chi connectivity index (χ3n) is 5.60. The summed E-state index contributed by atoms with van der Waals surface area (Å²) >= 11 is 6.24. The van der Waals surface area contributed by atoms with Crippen LogP contribution >= 0.6 is 24.0 Å². The van der Waals surface area contributed by atoms with Crippen LogP contribution in [-0.4, -0.2) is 28.3 Å². The van der Waals surface area contributed by atoms with Crippen LogP contribution in [0, 0.1) is 0 Å². The van der Waals surface area contributed by atoms with Crippen molar-refractivity contribution >= 4 is 59.4 Å². The van der Waals surface area contributed by atoms with Gasteiger partial charge in [0.25, 0.3) is 0 Å². The maximum Gasteiger partial charge on any atom is 0.250 e. The number of nitrogens with zero attached hydrogens (tertiary/aromatic N) is 4. The summed E-state index contributed by atoms with van der Waals surface area (Å²) in [5, 5.41) is 11.4. The van der Waals surface area contributed by atoms with Crippen LogP contribution < -0.4 is 25.5 Å². The number of anilines is 5. The van der Waals surface area contributed by atoms with Gasteiger partial charge in [-0.05, 0) is 54.1 Å². The van der Waals surface area contributed by atoms with Crippen molar-refractivity contribution in [2.75, 3.05) is 23.2 Å². The van der Waals surface area contributed by atoms with E-state index < -0.39 is 0 Å².